The van der Waals surface area contributed by atoms with Crippen molar-refractivity contribution in [2.75, 3.05) is 26.8 Å². The number of alkyl halides is 3. The molecule has 0 fully saturated rings. The van der Waals surface area contributed by atoms with Gasteiger partial charge in [0.15, 0.2) is 11.5 Å². The number of ether oxygens (including phenoxy) is 1. The molecule has 2 aromatic carbocycles. The second kappa shape index (κ2) is 7.57. The van der Waals surface area contributed by atoms with Crippen molar-refractivity contribution < 1.29 is 40.7 Å². The van der Waals surface area contributed by atoms with E-state index in [4.69, 9.17) is 9.84 Å². The Labute approximate surface area is 176 Å². The SMILES string of the molecule is CN1CCc2cc(OCCO)cc3c2C1Cc1ccc(OS(=O)(=O)C(F)(F)F)c(O)c1-3. The lowest BCUT2D eigenvalue weighted by atomic mass is 9.76. The lowest BCUT2D eigenvalue weighted by Gasteiger charge is -2.40. The molecule has 11 heteroatoms. The van der Waals surface area contributed by atoms with Gasteiger partial charge in [-0.3, -0.25) is 4.90 Å². The molecule has 0 spiro atoms. The highest BCUT2D eigenvalue weighted by atomic mass is 32.2. The summed E-state index contributed by atoms with van der Waals surface area (Å²) in [5.74, 6) is -1.04. The first-order valence-electron chi connectivity index (χ1n) is 9.50. The van der Waals surface area contributed by atoms with Gasteiger partial charge < -0.3 is 19.1 Å². The lowest BCUT2D eigenvalue weighted by Crippen LogP contribution is -2.35. The van der Waals surface area contributed by atoms with Gasteiger partial charge in [0, 0.05) is 18.2 Å². The molecule has 1 heterocycles. The molecule has 2 aromatic rings. The third kappa shape index (κ3) is 3.70. The van der Waals surface area contributed by atoms with E-state index < -0.39 is 27.1 Å². The number of phenolic OH excluding ortho intramolecular Hbond substituents is 1. The Morgan fingerprint density at radius 1 is 1.23 bits per heavy atom. The van der Waals surface area contributed by atoms with Crippen molar-refractivity contribution in [3.05, 3.63) is 41.0 Å². The Bertz CT molecular complexity index is 1130. The lowest BCUT2D eigenvalue weighted by molar-refractivity contribution is -0.0500. The van der Waals surface area contributed by atoms with E-state index in [0.29, 0.717) is 29.7 Å². The van der Waals surface area contributed by atoms with Crippen molar-refractivity contribution in [2.24, 2.45) is 0 Å². The molecule has 1 aliphatic carbocycles. The number of aliphatic hydroxyl groups is 1. The zero-order valence-electron chi connectivity index (χ0n) is 16.4. The molecule has 0 radical (unpaired) electrons. The molecule has 0 aromatic heterocycles. The van der Waals surface area contributed by atoms with Crippen LogP contribution in [-0.2, 0) is 23.0 Å². The minimum absolute atomic E-state index is 0.0109. The smallest absolute Gasteiger partial charge is 0.504 e. The molecule has 168 valence electrons. The third-order valence-corrected chi connectivity index (χ3v) is 6.56. The average Bonchev–Trinajstić information content (AvgIpc) is 2.69. The van der Waals surface area contributed by atoms with Crippen LogP contribution in [0.4, 0.5) is 13.2 Å². The monoisotopic (exact) mass is 459 g/mol. The molecule has 7 nitrogen and oxygen atoms in total. The Balaban J connectivity index is 1.88. The molecule has 1 unspecified atom stereocenters. The van der Waals surface area contributed by atoms with Crippen molar-refractivity contribution >= 4 is 10.1 Å². The molecular formula is C20H20F3NO6S. The van der Waals surface area contributed by atoms with Gasteiger partial charge in [0.2, 0.25) is 0 Å². The standard InChI is InChI=1S/C20H20F3NO6S/c1-24-5-4-12-8-13(29-7-6-25)10-14-17(12)15(24)9-11-2-3-16(19(26)18(11)14)30-31(27,28)20(21,22)23/h2-3,8,10,15,25-26H,4-7,9H2,1H3. The minimum Gasteiger partial charge on any atom is -0.504 e. The van der Waals surface area contributed by atoms with Crippen LogP contribution in [0, 0.1) is 0 Å². The predicted octanol–water partition coefficient (Wildman–Crippen LogP) is 2.74. The summed E-state index contributed by atoms with van der Waals surface area (Å²) in [5.41, 5.74) is -2.36. The fraction of sp³-hybridized carbons (Fsp3) is 0.400. The summed E-state index contributed by atoms with van der Waals surface area (Å²) >= 11 is 0. The number of nitrogens with zero attached hydrogens (tertiary/aromatic N) is 1. The molecule has 0 saturated carbocycles. The maximum atomic E-state index is 12.8. The maximum Gasteiger partial charge on any atom is 0.534 e. The fourth-order valence-electron chi connectivity index (χ4n) is 4.19. The first-order valence-corrected chi connectivity index (χ1v) is 10.9. The molecule has 0 amide bonds. The van der Waals surface area contributed by atoms with E-state index in [1.165, 1.54) is 6.07 Å². The highest BCUT2D eigenvalue weighted by Gasteiger charge is 2.49. The number of rotatable bonds is 5. The van der Waals surface area contributed by atoms with Gasteiger partial charge in [-0.2, -0.15) is 21.6 Å². The second-order valence-electron chi connectivity index (χ2n) is 7.50. The van der Waals surface area contributed by atoms with Gasteiger partial charge >= 0.3 is 15.6 Å². The summed E-state index contributed by atoms with van der Waals surface area (Å²) < 4.78 is 71.0. The Hall–Kier alpha value is -2.50. The van der Waals surface area contributed by atoms with Gasteiger partial charge in [-0.1, -0.05) is 6.07 Å². The zero-order valence-corrected chi connectivity index (χ0v) is 17.3. The van der Waals surface area contributed by atoms with Gasteiger partial charge in [0.1, 0.15) is 12.4 Å². The van der Waals surface area contributed by atoms with Crippen molar-refractivity contribution in [1.82, 2.24) is 4.90 Å². The minimum atomic E-state index is -5.94. The number of phenols is 1. The number of halogens is 3. The number of aliphatic hydroxyl groups excluding tert-OH is 1. The maximum absolute atomic E-state index is 12.8. The average molecular weight is 459 g/mol. The van der Waals surface area contributed by atoms with Crippen LogP contribution < -0.4 is 8.92 Å². The Morgan fingerprint density at radius 2 is 1.97 bits per heavy atom. The van der Waals surface area contributed by atoms with Gasteiger partial charge in [0.05, 0.1) is 6.61 Å². The van der Waals surface area contributed by atoms with Crippen LogP contribution in [0.1, 0.15) is 22.7 Å². The van der Waals surface area contributed by atoms with Crippen LogP contribution in [0.25, 0.3) is 11.1 Å². The number of hydrogen-bond acceptors (Lipinski definition) is 7. The van der Waals surface area contributed by atoms with E-state index in [0.717, 1.165) is 23.7 Å². The first-order chi connectivity index (χ1) is 14.5. The van der Waals surface area contributed by atoms with Gasteiger partial charge in [0.25, 0.3) is 0 Å². The van der Waals surface area contributed by atoms with Gasteiger partial charge in [-0.15, -0.1) is 0 Å². The van der Waals surface area contributed by atoms with Crippen molar-refractivity contribution in [1.29, 1.82) is 0 Å². The van der Waals surface area contributed by atoms with E-state index >= 15 is 0 Å². The van der Waals surface area contributed by atoms with Crippen molar-refractivity contribution in [3.63, 3.8) is 0 Å². The number of likely N-dealkylation sites (N-methyl/N-ethyl adjacent to an activating group) is 1. The van der Waals surface area contributed by atoms with Gasteiger partial charge in [-0.25, -0.2) is 0 Å². The van der Waals surface area contributed by atoms with Crippen molar-refractivity contribution in [2.45, 2.75) is 24.4 Å². The summed E-state index contributed by atoms with van der Waals surface area (Å²) in [7, 11) is -3.98. The molecule has 0 bridgehead atoms. The summed E-state index contributed by atoms with van der Waals surface area (Å²) in [4.78, 5) is 2.15. The number of fused-ring (bicyclic) bond motifs is 2. The number of aromatic hydroxyl groups is 1. The van der Waals surface area contributed by atoms with E-state index in [1.54, 1.807) is 6.07 Å². The van der Waals surface area contributed by atoms with Crippen LogP contribution in [0.15, 0.2) is 24.3 Å². The Kier molecular flexibility index (Phi) is 5.31. The molecule has 2 aliphatic rings. The Morgan fingerprint density at radius 3 is 2.65 bits per heavy atom. The molecule has 31 heavy (non-hydrogen) atoms. The van der Waals surface area contributed by atoms with Crippen LogP contribution in [0.3, 0.4) is 0 Å². The highest BCUT2D eigenvalue weighted by Crippen LogP contribution is 2.51. The largest absolute Gasteiger partial charge is 0.534 e. The third-order valence-electron chi connectivity index (χ3n) is 5.59. The van der Waals surface area contributed by atoms with Crippen LogP contribution in [-0.4, -0.2) is 55.8 Å². The molecule has 1 aliphatic heterocycles. The quantitative estimate of drug-likeness (QED) is 0.524. The van der Waals surface area contributed by atoms with E-state index in [1.807, 2.05) is 13.1 Å². The zero-order chi connectivity index (χ0) is 22.6. The summed E-state index contributed by atoms with van der Waals surface area (Å²) in [5, 5.41) is 19.8. The van der Waals surface area contributed by atoms with E-state index in [9.17, 15) is 26.7 Å². The van der Waals surface area contributed by atoms with Crippen LogP contribution >= 0.6 is 0 Å². The summed E-state index contributed by atoms with van der Waals surface area (Å²) in [6.45, 7) is 0.632. The van der Waals surface area contributed by atoms with Gasteiger partial charge in [-0.05, 0) is 60.3 Å². The summed E-state index contributed by atoms with van der Waals surface area (Å²) in [6, 6.07) is 5.97. The van der Waals surface area contributed by atoms with Crippen molar-refractivity contribution in [3.8, 4) is 28.4 Å². The van der Waals surface area contributed by atoms with E-state index in [2.05, 4.69) is 9.08 Å². The van der Waals surface area contributed by atoms with Crippen LogP contribution in [0.5, 0.6) is 17.2 Å². The highest BCUT2D eigenvalue weighted by molar-refractivity contribution is 7.88. The molecule has 4 rings (SSSR count). The predicted molar refractivity (Wildman–Crippen MR) is 105 cm³/mol. The van der Waals surface area contributed by atoms with Crippen LogP contribution in [0.2, 0.25) is 0 Å². The molecule has 2 N–H and O–H groups in total. The van der Waals surface area contributed by atoms with E-state index in [-0.39, 0.29) is 24.8 Å². The normalized spacial score (nSPS) is 18.3. The first kappa shape index (κ1) is 21.7. The molecule has 1 atom stereocenters. The number of hydrogen-bond donors (Lipinski definition) is 2. The number of benzene rings is 2. The molecule has 0 saturated heterocycles. The second-order valence-corrected chi connectivity index (χ2v) is 9.03. The topological polar surface area (TPSA) is 96.3 Å². The molecular weight excluding hydrogens is 439 g/mol. The fourth-order valence-corrected chi connectivity index (χ4v) is 4.66. The summed E-state index contributed by atoms with van der Waals surface area (Å²) in [6.07, 6.45) is 1.18.